The molecule has 1 saturated heterocycles. The Labute approximate surface area is 114 Å². The van der Waals surface area contributed by atoms with E-state index in [0.29, 0.717) is 10.4 Å². The molecule has 1 aromatic heterocycles. The Morgan fingerprint density at radius 2 is 2.11 bits per heavy atom. The Morgan fingerprint density at radius 3 is 2.83 bits per heavy atom. The van der Waals surface area contributed by atoms with Crippen molar-refractivity contribution in [3.05, 3.63) is 26.9 Å². The number of nitro groups is 1. The number of pyridine rings is 1. The molecular weight excluding hydrogens is 300 g/mol. The molecule has 7 heteroatoms. The third kappa shape index (κ3) is 3.17. The average molecular weight is 315 g/mol. The van der Waals surface area contributed by atoms with Crippen LogP contribution in [0.4, 0.5) is 11.5 Å². The van der Waals surface area contributed by atoms with Crippen LogP contribution in [-0.2, 0) is 0 Å². The quantitative estimate of drug-likeness (QED) is 0.474. The zero-order valence-corrected chi connectivity index (χ0v) is 11.8. The lowest BCUT2D eigenvalue weighted by Gasteiger charge is -2.21. The number of halogens is 1. The van der Waals surface area contributed by atoms with E-state index >= 15 is 0 Å². The largest absolute Gasteiger partial charge is 0.355 e. The van der Waals surface area contributed by atoms with E-state index in [1.54, 1.807) is 0 Å². The summed E-state index contributed by atoms with van der Waals surface area (Å²) < 4.78 is 0.504. The molecule has 0 N–H and O–H groups in total. The molecule has 0 bridgehead atoms. The van der Waals surface area contributed by atoms with Crippen LogP contribution < -0.4 is 4.90 Å². The molecule has 0 amide bonds. The smallest absolute Gasteiger partial charge is 0.275 e. The number of hydrogen-bond acceptors (Lipinski definition) is 5. The number of anilines is 1. The summed E-state index contributed by atoms with van der Waals surface area (Å²) in [6, 6.07) is 2.96. The van der Waals surface area contributed by atoms with Crippen LogP contribution in [0.2, 0.25) is 0 Å². The number of likely N-dealkylation sites (N-methyl/N-ethyl adjacent to an activating group) is 1. The van der Waals surface area contributed by atoms with E-state index < -0.39 is 0 Å². The first-order valence-corrected chi connectivity index (χ1v) is 6.61. The van der Waals surface area contributed by atoms with Gasteiger partial charge >= 0.3 is 0 Å². The minimum Gasteiger partial charge on any atom is -0.355 e. The maximum absolute atomic E-state index is 10.8. The number of nitrogens with zero attached hydrogens (tertiary/aromatic N) is 4. The molecule has 98 valence electrons. The normalized spacial score (nSPS) is 17.6. The molecule has 2 rings (SSSR count). The lowest BCUT2D eigenvalue weighted by Crippen LogP contribution is -2.29. The first-order valence-electron chi connectivity index (χ1n) is 5.82. The topological polar surface area (TPSA) is 62.5 Å². The van der Waals surface area contributed by atoms with Crippen molar-refractivity contribution in [2.75, 3.05) is 38.1 Å². The van der Waals surface area contributed by atoms with Gasteiger partial charge in [0.15, 0.2) is 0 Å². The minimum absolute atomic E-state index is 0.0736. The van der Waals surface area contributed by atoms with Crippen LogP contribution in [0.1, 0.15) is 6.42 Å². The van der Waals surface area contributed by atoms with E-state index in [2.05, 4.69) is 37.8 Å². The number of aromatic nitrogens is 1. The zero-order chi connectivity index (χ0) is 13.1. The van der Waals surface area contributed by atoms with E-state index in [1.807, 2.05) is 0 Å². The Hall–Kier alpha value is -1.21. The Kier molecular flexibility index (Phi) is 4.13. The van der Waals surface area contributed by atoms with Crippen LogP contribution in [0.15, 0.2) is 16.7 Å². The zero-order valence-electron chi connectivity index (χ0n) is 10.2. The van der Waals surface area contributed by atoms with Gasteiger partial charge in [-0.2, -0.15) is 0 Å². The molecule has 2 heterocycles. The minimum atomic E-state index is -0.389. The van der Waals surface area contributed by atoms with Gasteiger partial charge in [-0.3, -0.25) is 10.1 Å². The van der Waals surface area contributed by atoms with Crippen molar-refractivity contribution in [2.45, 2.75) is 6.42 Å². The van der Waals surface area contributed by atoms with Crippen LogP contribution in [-0.4, -0.2) is 48.0 Å². The Bertz CT molecular complexity index is 455. The molecule has 1 aromatic rings. The van der Waals surface area contributed by atoms with E-state index in [1.165, 1.54) is 12.1 Å². The predicted octanol–water partition coefficient (Wildman–Crippen LogP) is 1.89. The highest BCUT2D eigenvalue weighted by Gasteiger charge is 2.17. The molecular formula is C11H15BrN4O2. The van der Waals surface area contributed by atoms with Crippen LogP contribution >= 0.6 is 15.9 Å². The van der Waals surface area contributed by atoms with Crippen molar-refractivity contribution in [3.8, 4) is 0 Å². The van der Waals surface area contributed by atoms with E-state index in [9.17, 15) is 10.1 Å². The summed E-state index contributed by atoms with van der Waals surface area (Å²) in [6.45, 7) is 3.72. The van der Waals surface area contributed by atoms with Gasteiger partial charge in [0.25, 0.3) is 5.69 Å². The van der Waals surface area contributed by atoms with Gasteiger partial charge in [-0.15, -0.1) is 0 Å². The van der Waals surface area contributed by atoms with Crippen molar-refractivity contribution in [2.24, 2.45) is 0 Å². The molecule has 6 nitrogen and oxygen atoms in total. The van der Waals surface area contributed by atoms with Crippen LogP contribution in [0.5, 0.6) is 0 Å². The molecule has 0 unspecified atom stereocenters. The summed E-state index contributed by atoms with van der Waals surface area (Å²) in [4.78, 5) is 19.1. The highest BCUT2D eigenvalue weighted by atomic mass is 79.9. The molecule has 0 aliphatic carbocycles. The second-order valence-electron chi connectivity index (χ2n) is 4.41. The first kappa shape index (κ1) is 13.2. The standard InChI is InChI=1S/C11H15BrN4O2/c1-14-3-2-4-15(6-5-14)11-8-9(16(17)18)7-10(12)13-11/h7-8H,2-6H2,1H3. The molecule has 18 heavy (non-hydrogen) atoms. The summed E-state index contributed by atoms with van der Waals surface area (Å²) in [6.07, 6.45) is 1.04. The molecule has 1 aliphatic rings. The summed E-state index contributed by atoms with van der Waals surface area (Å²) in [5.41, 5.74) is 0.0736. The van der Waals surface area contributed by atoms with Gasteiger partial charge in [0.2, 0.25) is 0 Å². The maximum Gasteiger partial charge on any atom is 0.275 e. The average Bonchev–Trinajstić information content (AvgIpc) is 2.53. The van der Waals surface area contributed by atoms with Gasteiger partial charge in [0.1, 0.15) is 10.4 Å². The van der Waals surface area contributed by atoms with Gasteiger partial charge in [-0.25, -0.2) is 4.98 Å². The summed E-state index contributed by atoms with van der Waals surface area (Å²) in [7, 11) is 2.08. The molecule has 0 spiro atoms. The lowest BCUT2D eigenvalue weighted by atomic mass is 10.3. The van der Waals surface area contributed by atoms with E-state index in [0.717, 1.165) is 32.6 Å². The molecule has 1 fully saturated rings. The molecule has 0 atom stereocenters. The maximum atomic E-state index is 10.8. The van der Waals surface area contributed by atoms with E-state index in [-0.39, 0.29) is 10.6 Å². The summed E-state index contributed by atoms with van der Waals surface area (Å²) >= 11 is 3.23. The lowest BCUT2D eigenvalue weighted by molar-refractivity contribution is -0.384. The number of hydrogen-bond donors (Lipinski definition) is 0. The van der Waals surface area contributed by atoms with Crippen molar-refractivity contribution in [1.82, 2.24) is 9.88 Å². The van der Waals surface area contributed by atoms with Gasteiger partial charge in [0, 0.05) is 25.7 Å². The second kappa shape index (κ2) is 5.62. The summed E-state index contributed by atoms with van der Waals surface area (Å²) in [5, 5.41) is 10.8. The van der Waals surface area contributed by atoms with Crippen molar-refractivity contribution < 1.29 is 4.92 Å². The fraction of sp³-hybridized carbons (Fsp3) is 0.545. The SMILES string of the molecule is CN1CCCN(c2cc([N+](=O)[O-])cc(Br)n2)CC1. The van der Waals surface area contributed by atoms with Crippen molar-refractivity contribution in [1.29, 1.82) is 0 Å². The third-order valence-electron chi connectivity index (χ3n) is 3.02. The third-order valence-corrected chi connectivity index (χ3v) is 3.43. The van der Waals surface area contributed by atoms with Gasteiger partial charge in [-0.1, -0.05) is 0 Å². The first-order chi connectivity index (χ1) is 8.56. The van der Waals surface area contributed by atoms with Crippen LogP contribution in [0.3, 0.4) is 0 Å². The predicted molar refractivity (Wildman–Crippen MR) is 72.9 cm³/mol. The molecule has 1 aliphatic heterocycles. The fourth-order valence-electron chi connectivity index (χ4n) is 2.01. The van der Waals surface area contributed by atoms with Gasteiger partial charge in [0.05, 0.1) is 11.0 Å². The Morgan fingerprint density at radius 1 is 1.33 bits per heavy atom. The summed E-state index contributed by atoms with van der Waals surface area (Å²) in [5.74, 6) is 0.673. The van der Waals surface area contributed by atoms with E-state index in [4.69, 9.17) is 0 Å². The van der Waals surface area contributed by atoms with Crippen molar-refractivity contribution in [3.63, 3.8) is 0 Å². The monoisotopic (exact) mass is 314 g/mol. The molecule has 0 aromatic carbocycles. The van der Waals surface area contributed by atoms with Crippen LogP contribution in [0.25, 0.3) is 0 Å². The Balaban J connectivity index is 2.24. The molecule has 0 saturated carbocycles. The highest BCUT2D eigenvalue weighted by molar-refractivity contribution is 9.10. The number of rotatable bonds is 2. The highest BCUT2D eigenvalue weighted by Crippen LogP contribution is 2.24. The van der Waals surface area contributed by atoms with Crippen LogP contribution in [0, 0.1) is 10.1 Å². The fourth-order valence-corrected chi connectivity index (χ4v) is 2.43. The molecule has 0 radical (unpaired) electrons. The van der Waals surface area contributed by atoms with Crippen molar-refractivity contribution >= 4 is 27.4 Å². The second-order valence-corrected chi connectivity index (χ2v) is 5.22. The van der Waals surface area contributed by atoms with Gasteiger partial charge in [-0.05, 0) is 35.9 Å². The van der Waals surface area contributed by atoms with Gasteiger partial charge < -0.3 is 9.80 Å².